The van der Waals surface area contributed by atoms with Gasteiger partial charge in [-0.15, -0.1) is 0 Å². The van der Waals surface area contributed by atoms with E-state index in [1.165, 1.54) is 7.11 Å². The molecule has 1 heterocycles. The lowest BCUT2D eigenvalue weighted by molar-refractivity contribution is -0.135. The smallest absolute Gasteiger partial charge is 0.413 e. The molecular formula is C10H14N4O5S. The van der Waals surface area contributed by atoms with Gasteiger partial charge < -0.3 is 14.3 Å². The van der Waals surface area contributed by atoms with Crippen molar-refractivity contribution < 1.29 is 23.9 Å². The summed E-state index contributed by atoms with van der Waals surface area (Å²) in [5, 5.41) is 6.06. The van der Waals surface area contributed by atoms with Crippen molar-refractivity contribution in [3.05, 3.63) is 5.82 Å². The molecule has 0 bridgehead atoms. The number of amides is 1. The molecule has 0 aliphatic heterocycles. The quantitative estimate of drug-likeness (QED) is 0.474. The fourth-order valence-corrected chi connectivity index (χ4v) is 1.64. The van der Waals surface area contributed by atoms with Gasteiger partial charge in [0.15, 0.2) is 0 Å². The number of anilines is 1. The Morgan fingerprint density at radius 2 is 2.00 bits per heavy atom. The van der Waals surface area contributed by atoms with Crippen molar-refractivity contribution in [2.24, 2.45) is 5.16 Å². The molecule has 0 aromatic carbocycles. The van der Waals surface area contributed by atoms with Crippen LogP contribution in [0.3, 0.4) is 0 Å². The summed E-state index contributed by atoms with van der Waals surface area (Å²) in [6.07, 6.45) is -0.656. The van der Waals surface area contributed by atoms with Crippen molar-refractivity contribution in [3.8, 4) is 0 Å². The Kier molecular flexibility index (Phi) is 6.37. The maximum absolute atomic E-state index is 11.6. The predicted octanol–water partition coefficient (Wildman–Crippen LogP) is 1.02. The van der Waals surface area contributed by atoms with Crippen LogP contribution in [0.2, 0.25) is 0 Å². The zero-order valence-corrected chi connectivity index (χ0v) is 12.0. The number of hydrogen-bond acceptors (Lipinski definition) is 9. The van der Waals surface area contributed by atoms with Gasteiger partial charge in [0.05, 0.1) is 13.2 Å². The van der Waals surface area contributed by atoms with Crippen LogP contribution in [0.15, 0.2) is 5.16 Å². The van der Waals surface area contributed by atoms with Crippen molar-refractivity contribution in [3.63, 3.8) is 0 Å². The third-order valence-electron chi connectivity index (χ3n) is 1.77. The fourth-order valence-electron chi connectivity index (χ4n) is 1.09. The number of rotatable bonds is 6. The van der Waals surface area contributed by atoms with Crippen LogP contribution in [0.25, 0.3) is 0 Å². The average Bonchev–Trinajstić information content (AvgIpc) is 2.84. The molecule has 0 aliphatic rings. The summed E-state index contributed by atoms with van der Waals surface area (Å²) in [6.45, 7) is 3.75. The molecule has 110 valence electrons. The highest BCUT2D eigenvalue weighted by atomic mass is 32.1. The number of carbonyl (C=O) groups is 2. The maximum atomic E-state index is 11.6. The largest absolute Gasteiger partial charge is 0.461 e. The molecule has 0 aliphatic carbocycles. The lowest BCUT2D eigenvalue weighted by atomic mass is 10.3. The molecule has 1 N–H and O–H groups in total. The first-order valence-corrected chi connectivity index (χ1v) is 6.45. The van der Waals surface area contributed by atoms with Gasteiger partial charge in [-0.3, -0.25) is 5.32 Å². The van der Waals surface area contributed by atoms with E-state index in [1.807, 2.05) is 0 Å². The number of nitrogens with one attached hydrogen (secondary N) is 1. The molecule has 0 unspecified atom stereocenters. The first-order chi connectivity index (χ1) is 9.62. The number of ether oxygens (including phenoxy) is 2. The molecule has 1 aromatic rings. The summed E-state index contributed by atoms with van der Waals surface area (Å²) < 4.78 is 13.4. The van der Waals surface area contributed by atoms with Gasteiger partial charge >= 0.3 is 12.1 Å². The number of hydrogen-bond donors (Lipinski definition) is 1. The van der Waals surface area contributed by atoms with E-state index in [2.05, 4.69) is 24.7 Å². The predicted molar refractivity (Wildman–Crippen MR) is 70.7 cm³/mol. The number of esters is 1. The summed E-state index contributed by atoms with van der Waals surface area (Å²) in [7, 11) is 1.28. The third kappa shape index (κ3) is 4.46. The van der Waals surface area contributed by atoms with E-state index in [9.17, 15) is 9.59 Å². The van der Waals surface area contributed by atoms with Gasteiger partial charge in [-0.1, -0.05) is 5.16 Å². The second-order valence-corrected chi connectivity index (χ2v) is 3.86. The summed E-state index contributed by atoms with van der Waals surface area (Å²) in [6, 6.07) is 0. The zero-order valence-electron chi connectivity index (χ0n) is 11.2. The number of nitrogens with zero attached hydrogens (tertiary/aromatic N) is 3. The summed E-state index contributed by atoms with van der Waals surface area (Å²) in [5.41, 5.74) is -0.178. The van der Waals surface area contributed by atoms with E-state index in [-0.39, 0.29) is 29.9 Å². The molecule has 0 fully saturated rings. The molecule has 20 heavy (non-hydrogen) atoms. The van der Waals surface area contributed by atoms with Crippen LogP contribution in [-0.4, -0.2) is 47.5 Å². The van der Waals surface area contributed by atoms with Crippen molar-refractivity contribution in [2.75, 3.05) is 25.6 Å². The summed E-state index contributed by atoms with van der Waals surface area (Å²) in [5.74, 6) is -0.711. The molecule has 1 rings (SSSR count). The molecule has 0 radical (unpaired) electrons. The number of aromatic nitrogens is 2. The van der Waals surface area contributed by atoms with Crippen LogP contribution in [0.4, 0.5) is 9.93 Å². The van der Waals surface area contributed by atoms with E-state index in [0.29, 0.717) is 0 Å². The standard InChI is InChI=1S/C10H14N4O5S/c1-4-18-8(15)6(13-17-3)7-11-9(20-14-7)12-10(16)19-5-2/h4-5H2,1-3H3,(H,11,12,14,16)/b13-6-. The molecule has 1 aromatic heterocycles. The van der Waals surface area contributed by atoms with E-state index in [1.54, 1.807) is 13.8 Å². The Balaban J connectivity index is 2.84. The lowest BCUT2D eigenvalue weighted by Gasteiger charge is -2.01. The molecule has 0 spiro atoms. The summed E-state index contributed by atoms with van der Waals surface area (Å²) >= 11 is 0.876. The minimum absolute atomic E-state index is 0.00194. The van der Waals surface area contributed by atoms with Gasteiger partial charge in [0.1, 0.15) is 7.11 Å². The third-order valence-corrected chi connectivity index (χ3v) is 2.40. The Morgan fingerprint density at radius 1 is 1.30 bits per heavy atom. The first-order valence-electron chi connectivity index (χ1n) is 5.68. The van der Waals surface area contributed by atoms with Crippen LogP contribution in [0.5, 0.6) is 0 Å². The minimum atomic E-state index is -0.713. The van der Waals surface area contributed by atoms with E-state index in [0.717, 1.165) is 11.5 Å². The van der Waals surface area contributed by atoms with Crippen LogP contribution < -0.4 is 5.32 Å². The van der Waals surface area contributed by atoms with Gasteiger partial charge in [-0.05, 0) is 13.8 Å². The van der Waals surface area contributed by atoms with E-state index >= 15 is 0 Å². The van der Waals surface area contributed by atoms with Crippen molar-refractivity contribution in [2.45, 2.75) is 13.8 Å². The SMILES string of the molecule is CCOC(=O)Nc1nc(/C(=N/OC)C(=O)OCC)ns1. The van der Waals surface area contributed by atoms with Crippen LogP contribution in [0.1, 0.15) is 19.7 Å². The highest BCUT2D eigenvalue weighted by Crippen LogP contribution is 2.12. The second-order valence-electron chi connectivity index (χ2n) is 3.11. The molecule has 10 heteroatoms. The Bertz CT molecular complexity index is 502. The normalized spacial score (nSPS) is 10.8. The van der Waals surface area contributed by atoms with Gasteiger partial charge in [0.25, 0.3) is 0 Å². The lowest BCUT2D eigenvalue weighted by Crippen LogP contribution is -2.20. The van der Waals surface area contributed by atoms with Crippen molar-refractivity contribution in [1.82, 2.24) is 9.36 Å². The van der Waals surface area contributed by atoms with Crippen LogP contribution in [0, 0.1) is 0 Å². The van der Waals surface area contributed by atoms with Gasteiger partial charge in [-0.25, -0.2) is 9.59 Å². The number of carbonyl (C=O) groups excluding carboxylic acids is 2. The average molecular weight is 302 g/mol. The van der Waals surface area contributed by atoms with Gasteiger partial charge in [-0.2, -0.15) is 9.36 Å². The molecule has 0 atom stereocenters. The highest BCUT2D eigenvalue weighted by Gasteiger charge is 2.22. The van der Waals surface area contributed by atoms with Crippen molar-refractivity contribution >= 4 is 34.4 Å². The Labute approximate surface area is 119 Å². The molecule has 0 saturated heterocycles. The van der Waals surface area contributed by atoms with Crippen LogP contribution >= 0.6 is 11.5 Å². The van der Waals surface area contributed by atoms with E-state index < -0.39 is 12.1 Å². The maximum Gasteiger partial charge on any atom is 0.413 e. The van der Waals surface area contributed by atoms with Crippen molar-refractivity contribution in [1.29, 1.82) is 0 Å². The Hall–Kier alpha value is -2.23. The summed E-state index contributed by atoms with van der Waals surface area (Å²) in [4.78, 5) is 31.4. The molecular weight excluding hydrogens is 288 g/mol. The molecule has 9 nitrogen and oxygen atoms in total. The Morgan fingerprint density at radius 3 is 2.60 bits per heavy atom. The topological polar surface area (TPSA) is 112 Å². The van der Waals surface area contributed by atoms with Crippen LogP contribution in [-0.2, 0) is 19.1 Å². The van der Waals surface area contributed by atoms with Gasteiger partial charge in [0, 0.05) is 11.5 Å². The van der Waals surface area contributed by atoms with Gasteiger partial charge in [0.2, 0.25) is 16.7 Å². The minimum Gasteiger partial charge on any atom is -0.461 e. The first kappa shape index (κ1) is 15.8. The highest BCUT2D eigenvalue weighted by molar-refractivity contribution is 7.10. The molecule has 1 amide bonds. The monoisotopic (exact) mass is 302 g/mol. The van der Waals surface area contributed by atoms with E-state index in [4.69, 9.17) is 9.47 Å². The zero-order chi connectivity index (χ0) is 15.0. The molecule has 0 saturated carbocycles. The second kappa shape index (κ2) is 8.04. The fraction of sp³-hybridized carbons (Fsp3) is 0.500. The number of oxime groups is 1.